The van der Waals surface area contributed by atoms with Gasteiger partial charge in [0.15, 0.2) is 5.75 Å². The summed E-state index contributed by atoms with van der Waals surface area (Å²) < 4.78 is 13.4. The predicted octanol–water partition coefficient (Wildman–Crippen LogP) is 6.89. The molecule has 0 radical (unpaired) electrons. The molecule has 9 nitrogen and oxygen atoms in total. The largest absolute Gasteiger partial charge is 0.493 e. The molecule has 4 aromatic rings. The van der Waals surface area contributed by atoms with E-state index >= 15 is 0 Å². The lowest BCUT2D eigenvalue weighted by Crippen LogP contribution is -2.25. The lowest BCUT2D eigenvalue weighted by molar-refractivity contribution is -0.386. The van der Waals surface area contributed by atoms with Crippen LogP contribution in [0.15, 0.2) is 69.0 Å². The van der Waals surface area contributed by atoms with E-state index in [2.05, 4.69) is 21.0 Å². The lowest BCUT2D eigenvalue weighted by Gasteiger charge is -2.22. The van der Waals surface area contributed by atoms with Crippen LogP contribution in [0.1, 0.15) is 60.5 Å². The van der Waals surface area contributed by atoms with E-state index in [0.717, 1.165) is 47.7 Å². The SMILES string of the molecule is COc1cc(C=Nn2c(C3CCCCC3)nc3ccc(Br)cc3c2=O)cc([N+](=O)[O-])c1OCc1ccc(C)cc1. The van der Waals surface area contributed by atoms with Crippen molar-refractivity contribution in [3.63, 3.8) is 0 Å². The normalized spacial score (nSPS) is 14.1. The second-order valence-corrected chi connectivity index (χ2v) is 10.8. The van der Waals surface area contributed by atoms with Gasteiger partial charge >= 0.3 is 5.69 Å². The van der Waals surface area contributed by atoms with Crippen molar-refractivity contribution in [1.29, 1.82) is 0 Å². The molecule has 0 spiro atoms. The van der Waals surface area contributed by atoms with Gasteiger partial charge in [-0.25, -0.2) is 4.98 Å². The topological polar surface area (TPSA) is 109 Å². The Morgan fingerprint density at radius 1 is 1.12 bits per heavy atom. The Hall–Kier alpha value is -4.05. The number of nitro benzene ring substituents is 1. The number of nitro groups is 1. The van der Waals surface area contributed by atoms with Gasteiger partial charge in [-0.1, -0.05) is 65.0 Å². The monoisotopic (exact) mass is 604 g/mol. The molecule has 0 atom stereocenters. The Morgan fingerprint density at radius 3 is 2.58 bits per heavy atom. The summed E-state index contributed by atoms with van der Waals surface area (Å²) in [6.45, 7) is 2.13. The van der Waals surface area contributed by atoms with Gasteiger partial charge in [-0.2, -0.15) is 9.78 Å². The number of fused-ring (bicyclic) bond motifs is 1. The van der Waals surface area contributed by atoms with Crippen LogP contribution in [0.5, 0.6) is 11.5 Å². The second-order valence-electron chi connectivity index (χ2n) is 9.93. The number of ether oxygens (including phenoxy) is 2. The predicted molar refractivity (Wildman–Crippen MR) is 158 cm³/mol. The minimum Gasteiger partial charge on any atom is -0.493 e. The molecule has 5 rings (SSSR count). The minimum absolute atomic E-state index is 0.0301. The molecule has 1 heterocycles. The Labute approximate surface area is 239 Å². The summed E-state index contributed by atoms with van der Waals surface area (Å²) in [4.78, 5) is 29.9. The number of hydrogen-bond acceptors (Lipinski definition) is 7. The molecule has 0 bridgehead atoms. The van der Waals surface area contributed by atoms with Crippen molar-refractivity contribution in [2.24, 2.45) is 5.10 Å². The summed E-state index contributed by atoms with van der Waals surface area (Å²) in [5.74, 6) is 0.939. The quantitative estimate of drug-likeness (QED) is 0.123. The zero-order valence-corrected chi connectivity index (χ0v) is 23.9. The number of benzene rings is 3. The zero-order chi connectivity index (χ0) is 28.2. The van der Waals surface area contributed by atoms with E-state index in [1.54, 1.807) is 12.1 Å². The van der Waals surface area contributed by atoms with Crippen molar-refractivity contribution in [2.45, 2.75) is 51.6 Å². The van der Waals surface area contributed by atoms with Gasteiger partial charge in [-0.15, -0.1) is 0 Å². The number of nitrogens with zero attached hydrogens (tertiary/aromatic N) is 4. The van der Waals surface area contributed by atoms with E-state index in [0.29, 0.717) is 22.3 Å². The third-order valence-electron chi connectivity index (χ3n) is 7.10. The zero-order valence-electron chi connectivity index (χ0n) is 22.3. The molecule has 3 aromatic carbocycles. The van der Waals surface area contributed by atoms with E-state index in [1.165, 1.54) is 24.1 Å². The summed E-state index contributed by atoms with van der Waals surface area (Å²) in [6, 6.07) is 16.1. The third kappa shape index (κ3) is 5.91. The number of aromatic nitrogens is 2. The first-order chi connectivity index (χ1) is 19.3. The highest BCUT2D eigenvalue weighted by molar-refractivity contribution is 9.10. The average Bonchev–Trinajstić information content (AvgIpc) is 2.96. The van der Waals surface area contributed by atoms with Crippen molar-refractivity contribution in [3.05, 3.63) is 102 Å². The number of aryl methyl sites for hydroxylation is 1. The Kier molecular flexibility index (Phi) is 8.25. The fraction of sp³-hybridized carbons (Fsp3) is 0.300. The second kappa shape index (κ2) is 12.0. The van der Waals surface area contributed by atoms with Crippen molar-refractivity contribution >= 4 is 38.7 Å². The van der Waals surface area contributed by atoms with Gasteiger partial charge in [-0.3, -0.25) is 14.9 Å². The first-order valence-corrected chi connectivity index (χ1v) is 13.9. The highest BCUT2D eigenvalue weighted by Crippen LogP contribution is 2.39. The van der Waals surface area contributed by atoms with Crippen LogP contribution in [0.4, 0.5) is 5.69 Å². The maximum Gasteiger partial charge on any atom is 0.315 e. The number of hydrogen-bond donors (Lipinski definition) is 0. The molecule has 0 N–H and O–H groups in total. The fourth-order valence-electron chi connectivity index (χ4n) is 4.98. The van der Waals surface area contributed by atoms with Crippen LogP contribution in [0.3, 0.4) is 0 Å². The molecule has 0 saturated heterocycles. The molecule has 206 valence electrons. The third-order valence-corrected chi connectivity index (χ3v) is 7.60. The van der Waals surface area contributed by atoms with Gasteiger partial charge in [0.1, 0.15) is 12.4 Å². The standard InChI is InChI=1S/C30H29BrN4O5/c1-19-8-10-20(11-9-19)18-40-28-26(35(37)38)14-21(15-27(28)39-2)17-32-34-29(22-6-4-3-5-7-22)33-25-13-12-23(31)16-24(25)30(34)36/h8-17,22H,3-7,18H2,1-2H3. The Balaban J connectivity index is 1.54. The van der Waals surface area contributed by atoms with Crippen LogP contribution in [0.25, 0.3) is 10.9 Å². The van der Waals surface area contributed by atoms with Crippen LogP contribution < -0.4 is 15.0 Å². The summed E-state index contributed by atoms with van der Waals surface area (Å²) in [7, 11) is 1.43. The number of methoxy groups -OCH3 is 1. The molecule has 10 heteroatoms. The first-order valence-electron chi connectivity index (χ1n) is 13.2. The van der Waals surface area contributed by atoms with Crippen LogP contribution in [0, 0.1) is 17.0 Å². The first kappa shape index (κ1) is 27.5. The van der Waals surface area contributed by atoms with E-state index < -0.39 is 4.92 Å². The Bertz CT molecular complexity index is 1640. The summed E-state index contributed by atoms with van der Waals surface area (Å²) in [5, 5.41) is 17.0. The van der Waals surface area contributed by atoms with Crippen molar-refractivity contribution < 1.29 is 14.4 Å². The van der Waals surface area contributed by atoms with Gasteiger partial charge in [-0.05, 0) is 49.6 Å². The highest BCUT2D eigenvalue weighted by Gasteiger charge is 2.24. The smallest absolute Gasteiger partial charge is 0.315 e. The molecule has 1 saturated carbocycles. The van der Waals surface area contributed by atoms with Crippen LogP contribution in [-0.2, 0) is 6.61 Å². The minimum atomic E-state index is -0.515. The van der Waals surface area contributed by atoms with Crippen LogP contribution in [-0.4, -0.2) is 27.9 Å². The van der Waals surface area contributed by atoms with Crippen molar-refractivity contribution in [2.75, 3.05) is 7.11 Å². The summed E-state index contributed by atoms with van der Waals surface area (Å²) in [6.07, 6.45) is 6.57. The molecule has 0 aliphatic heterocycles. The van der Waals surface area contributed by atoms with Gasteiger partial charge < -0.3 is 9.47 Å². The molecule has 0 amide bonds. The maximum absolute atomic E-state index is 13.6. The van der Waals surface area contributed by atoms with Gasteiger partial charge in [0.2, 0.25) is 5.75 Å². The molecule has 1 fully saturated rings. The Morgan fingerprint density at radius 2 is 1.88 bits per heavy atom. The molecule has 40 heavy (non-hydrogen) atoms. The van der Waals surface area contributed by atoms with Gasteiger partial charge in [0.05, 0.1) is 29.2 Å². The molecule has 1 aliphatic carbocycles. The van der Waals surface area contributed by atoms with Gasteiger partial charge in [0.25, 0.3) is 5.56 Å². The molecular weight excluding hydrogens is 576 g/mol. The van der Waals surface area contributed by atoms with Crippen molar-refractivity contribution in [1.82, 2.24) is 9.66 Å². The average molecular weight is 605 g/mol. The van der Waals surface area contributed by atoms with E-state index in [4.69, 9.17) is 14.5 Å². The molecule has 1 aromatic heterocycles. The lowest BCUT2D eigenvalue weighted by atomic mass is 9.88. The van der Waals surface area contributed by atoms with Crippen LogP contribution in [0.2, 0.25) is 0 Å². The van der Waals surface area contributed by atoms with Crippen molar-refractivity contribution in [3.8, 4) is 11.5 Å². The van der Waals surface area contributed by atoms with Crippen LogP contribution >= 0.6 is 15.9 Å². The fourth-order valence-corrected chi connectivity index (χ4v) is 5.34. The molecular formula is C30H29BrN4O5. The molecule has 1 aliphatic rings. The summed E-state index contributed by atoms with van der Waals surface area (Å²) in [5.41, 5.74) is 2.44. The molecule has 0 unspecified atom stereocenters. The number of rotatable bonds is 8. The number of halogens is 1. The van der Waals surface area contributed by atoms with Gasteiger partial charge in [0, 0.05) is 22.0 Å². The van der Waals surface area contributed by atoms with E-state index in [9.17, 15) is 14.9 Å². The summed E-state index contributed by atoms with van der Waals surface area (Å²) >= 11 is 3.43. The van der Waals surface area contributed by atoms with E-state index in [1.807, 2.05) is 43.3 Å². The maximum atomic E-state index is 13.6. The highest BCUT2D eigenvalue weighted by atomic mass is 79.9. The van der Waals surface area contributed by atoms with E-state index in [-0.39, 0.29) is 35.3 Å².